The molecule has 4 nitrogen and oxygen atoms in total. The molecular weight excluding hydrogens is 324 g/mol. The fraction of sp³-hybridized carbons (Fsp3) is 0. The molecule has 0 atom stereocenters. The van der Waals surface area contributed by atoms with Crippen LogP contribution in [0.25, 0.3) is 11.1 Å². The van der Waals surface area contributed by atoms with E-state index in [2.05, 4.69) is 0 Å². The normalized spacial score (nSPS) is 14.2. The number of anilines is 2. The van der Waals surface area contributed by atoms with E-state index in [4.69, 9.17) is 5.73 Å². The van der Waals surface area contributed by atoms with Gasteiger partial charge in [-0.05, 0) is 35.4 Å². The van der Waals surface area contributed by atoms with Crippen molar-refractivity contribution in [2.45, 2.75) is 0 Å². The second kappa shape index (κ2) is 6.33. The number of nitrogens with two attached hydrogens (primary N) is 1. The van der Waals surface area contributed by atoms with E-state index >= 15 is 0 Å². The highest BCUT2D eigenvalue weighted by molar-refractivity contribution is 6.56. The number of carbonyl (C=O) groups is 2. The van der Waals surface area contributed by atoms with E-state index in [9.17, 15) is 9.59 Å². The first-order valence-corrected chi connectivity index (χ1v) is 8.26. The molecule has 3 aromatic carbocycles. The van der Waals surface area contributed by atoms with E-state index in [0.29, 0.717) is 22.5 Å². The molecule has 4 rings (SSSR count). The Bertz CT molecular complexity index is 946. The largest absolute Gasteiger partial charge is 0.399 e. The SMILES string of the molecule is Nc1ccc(N2C(=O)C(c3ccccc3)=C(c3ccccc3)C2=O)cc1. The van der Waals surface area contributed by atoms with Gasteiger partial charge < -0.3 is 5.73 Å². The Hall–Kier alpha value is -3.66. The van der Waals surface area contributed by atoms with Crippen molar-refractivity contribution >= 4 is 34.3 Å². The number of nitrogen functional groups attached to an aromatic ring is 1. The maximum Gasteiger partial charge on any atom is 0.266 e. The fourth-order valence-electron chi connectivity index (χ4n) is 3.13. The third-order valence-electron chi connectivity index (χ3n) is 4.36. The molecule has 0 aromatic heterocycles. The molecule has 126 valence electrons. The predicted octanol–water partition coefficient (Wildman–Crippen LogP) is 3.75. The third-order valence-corrected chi connectivity index (χ3v) is 4.36. The summed E-state index contributed by atoms with van der Waals surface area (Å²) in [5.74, 6) is -0.658. The summed E-state index contributed by atoms with van der Waals surface area (Å²) in [5, 5.41) is 0. The number of carbonyl (C=O) groups excluding carboxylic acids is 2. The lowest BCUT2D eigenvalue weighted by Gasteiger charge is -2.15. The highest BCUT2D eigenvalue weighted by Crippen LogP contribution is 2.38. The van der Waals surface area contributed by atoms with Crippen molar-refractivity contribution in [2.75, 3.05) is 10.6 Å². The molecule has 0 radical (unpaired) electrons. The molecule has 1 aliphatic heterocycles. The standard InChI is InChI=1S/C22H16N2O2/c23-17-11-13-18(14-12-17)24-21(25)19(15-7-3-1-4-8-15)20(22(24)26)16-9-5-2-6-10-16/h1-14H,23H2. The number of rotatable bonds is 3. The Labute approximate surface area is 151 Å². The monoisotopic (exact) mass is 340 g/mol. The van der Waals surface area contributed by atoms with Gasteiger partial charge in [-0.15, -0.1) is 0 Å². The summed E-state index contributed by atoms with van der Waals surface area (Å²) in [5.41, 5.74) is 9.10. The van der Waals surface area contributed by atoms with Crippen LogP contribution in [0, 0.1) is 0 Å². The lowest BCUT2D eigenvalue weighted by atomic mass is 9.96. The zero-order chi connectivity index (χ0) is 18.1. The molecule has 2 amide bonds. The number of hydrogen-bond donors (Lipinski definition) is 1. The van der Waals surface area contributed by atoms with Crippen LogP contribution in [0.3, 0.4) is 0 Å². The number of nitrogens with zero attached hydrogens (tertiary/aromatic N) is 1. The van der Waals surface area contributed by atoms with E-state index in [1.54, 1.807) is 24.3 Å². The Morgan fingerprint density at radius 3 is 1.42 bits per heavy atom. The van der Waals surface area contributed by atoms with Gasteiger partial charge in [0.2, 0.25) is 0 Å². The minimum absolute atomic E-state index is 0.329. The molecule has 0 fully saturated rings. The van der Waals surface area contributed by atoms with Crippen molar-refractivity contribution in [2.24, 2.45) is 0 Å². The molecule has 3 aromatic rings. The fourth-order valence-corrected chi connectivity index (χ4v) is 3.13. The van der Waals surface area contributed by atoms with Crippen LogP contribution in [0.2, 0.25) is 0 Å². The van der Waals surface area contributed by atoms with Crippen LogP contribution in [0.4, 0.5) is 11.4 Å². The molecule has 26 heavy (non-hydrogen) atoms. The summed E-state index contributed by atoms with van der Waals surface area (Å²) in [6.45, 7) is 0. The van der Waals surface area contributed by atoms with Gasteiger partial charge in [0.25, 0.3) is 11.8 Å². The molecule has 0 bridgehead atoms. The summed E-state index contributed by atoms with van der Waals surface area (Å²) in [4.78, 5) is 27.6. The summed E-state index contributed by atoms with van der Waals surface area (Å²) in [6.07, 6.45) is 0. The minimum atomic E-state index is -0.329. The Morgan fingerprint density at radius 1 is 0.577 bits per heavy atom. The van der Waals surface area contributed by atoms with Gasteiger partial charge in [-0.2, -0.15) is 0 Å². The number of amides is 2. The van der Waals surface area contributed by atoms with Crippen LogP contribution in [0.15, 0.2) is 84.9 Å². The summed E-state index contributed by atoms with van der Waals surface area (Å²) in [6, 6.07) is 25.3. The summed E-state index contributed by atoms with van der Waals surface area (Å²) < 4.78 is 0. The smallest absolute Gasteiger partial charge is 0.266 e. The maximum atomic E-state index is 13.2. The topological polar surface area (TPSA) is 63.4 Å². The van der Waals surface area contributed by atoms with Crippen LogP contribution < -0.4 is 10.6 Å². The molecular formula is C22H16N2O2. The Balaban J connectivity index is 1.90. The average Bonchev–Trinajstić information content (AvgIpc) is 2.94. The van der Waals surface area contributed by atoms with Crippen molar-refractivity contribution in [3.05, 3.63) is 96.1 Å². The van der Waals surface area contributed by atoms with E-state index < -0.39 is 0 Å². The van der Waals surface area contributed by atoms with Gasteiger partial charge in [0.05, 0.1) is 16.8 Å². The zero-order valence-corrected chi connectivity index (χ0v) is 13.9. The lowest BCUT2D eigenvalue weighted by molar-refractivity contribution is -0.119. The number of hydrogen-bond acceptors (Lipinski definition) is 3. The second-order valence-corrected chi connectivity index (χ2v) is 6.02. The van der Waals surface area contributed by atoms with Crippen molar-refractivity contribution in [1.29, 1.82) is 0 Å². The zero-order valence-electron chi connectivity index (χ0n) is 13.9. The van der Waals surface area contributed by atoms with E-state index in [1.165, 1.54) is 4.90 Å². The lowest BCUT2D eigenvalue weighted by Crippen LogP contribution is -2.31. The van der Waals surface area contributed by atoms with Gasteiger partial charge in [0, 0.05) is 5.69 Å². The van der Waals surface area contributed by atoms with Gasteiger partial charge in [-0.1, -0.05) is 60.7 Å². The maximum absolute atomic E-state index is 13.2. The van der Waals surface area contributed by atoms with Gasteiger partial charge in [0.1, 0.15) is 0 Å². The van der Waals surface area contributed by atoms with Crippen molar-refractivity contribution in [3.63, 3.8) is 0 Å². The molecule has 1 aliphatic rings. The molecule has 0 spiro atoms. The Morgan fingerprint density at radius 2 is 1.00 bits per heavy atom. The number of benzene rings is 3. The second-order valence-electron chi connectivity index (χ2n) is 6.02. The highest BCUT2D eigenvalue weighted by Gasteiger charge is 2.40. The van der Waals surface area contributed by atoms with Crippen LogP contribution in [-0.2, 0) is 9.59 Å². The first-order chi connectivity index (χ1) is 12.7. The molecule has 0 saturated carbocycles. The quantitative estimate of drug-likeness (QED) is 0.583. The van der Waals surface area contributed by atoms with Crippen molar-refractivity contribution < 1.29 is 9.59 Å². The Kier molecular flexibility index (Phi) is 3.86. The van der Waals surface area contributed by atoms with Gasteiger partial charge in [0.15, 0.2) is 0 Å². The van der Waals surface area contributed by atoms with Crippen LogP contribution in [0.1, 0.15) is 11.1 Å². The van der Waals surface area contributed by atoms with Crippen LogP contribution in [0.5, 0.6) is 0 Å². The van der Waals surface area contributed by atoms with Gasteiger partial charge >= 0.3 is 0 Å². The molecule has 1 heterocycles. The summed E-state index contributed by atoms with van der Waals surface area (Å²) >= 11 is 0. The molecule has 0 unspecified atom stereocenters. The molecule has 2 N–H and O–H groups in total. The average molecular weight is 340 g/mol. The highest BCUT2D eigenvalue weighted by atomic mass is 16.2. The molecule has 0 aliphatic carbocycles. The number of imide groups is 1. The molecule has 0 saturated heterocycles. The first kappa shape index (κ1) is 15.8. The van der Waals surface area contributed by atoms with Crippen LogP contribution in [-0.4, -0.2) is 11.8 Å². The van der Waals surface area contributed by atoms with E-state index in [-0.39, 0.29) is 11.8 Å². The molecule has 4 heteroatoms. The van der Waals surface area contributed by atoms with Gasteiger partial charge in [-0.25, -0.2) is 4.90 Å². The van der Waals surface area contributed by atoms with Crippen LogP contribution >= 0.6 is 0 Å². The predicted molar refractivity (Wildman–Crippen MR) is 103 cm³/mol. The van der Waals surface area contributed by atoms with E-state index in [0.717, 1.165) is 11.1 Å². The van der Waals surface area contributed by atoms with Gasteiger partial charge in [-0.3, -0.25) is 9.59 Å². The van der Waals surface area contributed by atoms with Crippen molar-refractivity contribution in [1.82, 2.24) is 0 Å². The first-order valence-electron chi connectivity index (χ1n) is 8.26. The third kappa shape index (κ3) is 2.58. The van der Waals surface area contributed by atoms with Crippen molar-refractivity contribution in [3.8, 4) is 0 Å². The van der Waals surface area contributed by atoms with E-state index in [1.807, 2.05) is 60.7 Å². The summed E-state index contributed by atoms with van der Waals surface area (Å²) in [7, 11) is 0. The minimum Gasteiger partial charge on any atom is -0.399 e.